The molecule has 12 heteroatoms. The van der Waals surface area contributed by atoms with Crippen molar-refractivity contribution in [3.63, 3.8) is 0 Å². The molecule has 2 atom stereocenters. The van der Waals surface area contributed by atoms with E-state index in [2.05, 4.69) is 40.2 Å². The van der Waals surface area contributed by atoms with E-state index in [4.69, 9.17) is 0 Å². The molecule has 2 heterocycles. The van der Waals surface area contributed by atoms with Gasteiger partial charge in [0, 0.05) is 18.5 Å². The van der Waals surface area contributed by atoms with Gasteiger partial charge in [-0.05, 0) is 11.0 Å². The Bertz CT molecular complexity index is 1180. The summed E-state index contributed by atoms with van der Waals surface area (Å²) in [6.07, 6.45) is 0. The number of nitrogens with one attached hydrogen (secondary N) is 2. The van der Waals surface area contributed by atoms with Crippen LogP contribution in [0.15, 0.2) is 48.7 Å². The van der Waals surface area contributed by atoms with E-state index in [-0.39, 0.29) is 33.0 Å². The molecule has 1 unspecified atom stereocenters. The zero-order valence-electron chi connectivity index (χ0n) is 19.2. The SMILES string of the molecule is CCN(CC)S(=O)(=O)c1scc(NC2=NS(=O)N=C2N[C@@H](c2ccccc2)C(C)(C)C)c1O. The third-order valence-electron chi connectivity index (χ3n) is 5.11. The van der Waals surface area contributed by atoms with Crippen LogP contribution in [0.3, 0.4) is 0 Å². The second-order valence-corrected chi connectivity index (χ2v) is 12.3. The van der Waals surface area contributed by atoms with Crippen molar-refractivity contribution in [2.24, 2.45) is 14.2 Å². The smallest absolute Gasteiger partial charge is 0.269 e. The molecular formula is C21H29N5O4S3. The Labute approximate surface area is 201 Å². The molecule has 3 N–H and O–H groups in total. The van der Waals surface area contributed by atoms with Crippen LogP contribution < -0.4 is 10.6 Å². The highest BCUT2D eigenvalue weighted by Crippen LogP contribution is 2.39. The molecule has 3 rings (SSSR count). The van der Waals surface area contributed by atoms with E-state index in [0.717, 1.165) is 16.9 Å². The molecule has 1 aromatic carbocycles. The standard InChI is InChI=1S/C21H29N5O4S3/c1-6-26(7-2)33(29,30)20-16(27)15(13-31-20)22-18-19(25-32(28)24-18)23-17(21(3,4)5)14-11-9-8-10-12-14/h8-13,17,27H,6-7H2,1-5H3,(H,22,24)(H,23,25)/t17-,32?/m0/s1. The lowest BCUT2D eigenvalue weighted by molar-refractivity contribution is 0.303. The largest absolute Gasteiger partial charge is 0.504 e. The van der Waals surface area contributed by atoms with Crippen LogP contribution in [-0.2, 0) is 21.2 Å². The molecule has 0 aliphatic carbocycles. The highest BCUT2D eigenvalue weighted by molar-refractivity contribution is 7.91. The molecule has 0 bridgehead atoms. The van der Waals surface area contributed by atoms with Crippen molar-refractivity contribution in [1.29, 1.82) is 0 Å². The van der Waals surface area contributed by atoms with Gasteiger partial charge in [-0.1, -0.05) is 65.0 Å². The second kappa shape index (κ2) is 9.92. The maximum absolute atomic E-state index is 12.8. The van der Waals surface area contributed by atoms with Crippen molar-refractivity contribution < 1.29 is 17.7 Å². The monoisotopic (exact) mass is 511 g/mol. The van der Waals surface area contributed by atoms with Crippen LogP contribution in [0, 0.1) is 5.41 Å². The van der Waals surface area contributed by atoms with Gasteiger partial charge in [-0.2, -0.15) is 4.31 Å². The Kier molecular flexibility index (Phi) is 7.62. The predicted molar refractivity (Wildman–Crippen MR) is 134 cm³/mol. The highest BCUT2D eigenvalue weighted by Gasteiger charge is 2.32. The number of rotatable bonds is 7. The van der Waals surface area contributed by atoms with Crippen LogP contribution in [0.4, 0.5) is 5.69 Å². The highest BCUT2D eigenvalue weighted by atomic mass is 32.2. The molecule has 180 valence electrons. The van der Waals surface area contributed by atoms with Gasteiger partial charge >= 0.3 is 0 Å². The van der Waals surface area contributed by atoms with Crippen molar-refractivity contribution in [2.75, 3.05) is 18.4 Å². The molecule has 0 fully saturated rings. The van der Waals surface area contributed by atoms with Crippen molar-refractivity contribution in [1.82, 2.24) is 9.62 Å². The minimum atomic E-state index is -3.83. The Morgan fingerprint density at radius 3 is 2.30 bits per heavy atom. The molecule has 9 nitrogen and oxygen atoms in total. The Balaban J connectivity index is 1.88. The van der Waals surface area contributed by atoms with Crippen LogP contribution in [0.25, 0.3) is 0 Å². The van der Waals surface area contributed by atoms with E-state index in [1.165, 1.54) is 9.69 Å². The zero-order valence-corrected chi connectivity index (χ0v) is 21.6. The molecule has 0 saturated carbocycles. The molecular weight excluding hydrogens is 482 g/mol. The fourth-order valence-corrected chi connectivity index (χ4v) is 6.89. The molecule has 1 aromatic heterocycles. The lowest BCUT2D eigenvalue weighted by Crippen LogP contribution is -2.41. The summed E-state index contributed by atoms with van der Waals surface area (Å²) in [5.74, 6) is 0.0383. The van der Waals surface area contributed by atoms with Gasteiger partial charge in [0.1, 0.15) is 0 Å². The van der Waals surface area contributed by atoms with Crippen molar-refractivity contribution in [2.45, 2.75) is 44.9 Å². The molecule has 0 spiro atoms. The summed E-state index contributed by atoms with van der Waals surface area (Å²) >= 11 is -0.928. The maximum atomic E-state index is 12.8. The molecule has 0 saturated heterocycles. The summed E-state index contributed by atoms with van der Waals surface area (Å²) in [6, 6.07) is 9.64. The first-order valence-electron chi connectivity index (χ1n) is 10.5. The summed E-state index contributed by atoms with van der Waals surface area (Å²) in [4.78, 5) is 0. The van der Waals surface area contributed by atoms with E-state index in [1.807, 2.05) is 30.3 Å². The number of sulfonamides is 1. The summed E-state index contributed by atoms with van der Waals surface area (Å²) in [5, 5.41) is 18.4. The van der Waals surface area contributed by atoms with Crippen molar-refractivity contribution >= 4 is 49.9 Å². The minimum Gasteiger partial charge on any atom is -0.504 e. The van der Waals surface area contributed by atoms with Gasteiger partial charge in [0.05, 0.1) is 11.7 Å². The van der Waals surface area contributed by atoms with E-state index in [1.54, 1.807) is 13.8 Å². The molecule has 2 aromatic rings. The fourth-order valence-electron chi connectivity index (χ4n) is 3.44. The summed E-state index contributed by atoms with van der Waals surface area (Å²) in [7, 11) is -3.83. The predicted octanol–water partition coefficient (Wildman–Crippen LogP) is 3.66. The van der Waals surface area contributed by atoms with Crippen molar-refractivity contribution in [3.05, 3.63) is 41.3 Å². The minimum absolute atomic E-state index is 0.156. The van der Waals surface area contributed by atoms with E-state index < -0.39 is 26.9 Å². The first kappa shape index (κ1) is 25.3. The molecule has 33 heavy (non-hydrogen) atoms. The van der Waals surface area contributed by atoms with Crippen LogP contribution in [0.2, 0.25) is 0 Å². The first-order chi connectivity index (χ1) is 15.5. The van der Waals surface area contributed by atoms with Crippen LogP contribution in [-0.4, -0.2) is 46.8 Å². The van der Waals surface area contributed by atoms with Gasteiger partial charge in [-0.25, -0.2) is 12.6 Å². The van der Waals surface area contributed by atoms with Gasteiger partial charge in [0.15, 0.2) is 21.6 Å². The van der Waals surface area contributed by atoms with E-state index >= 15 is 0 Å². The average molecular weight is 512 g/mol. The number of anilines is 1. The number of hydrogen-bond donors (Lipinski definition) is 3. The fraction of sp³-hybridized carbons (Fsp3) is 0.429. The number of thiophene rings is 1. The molecule has 0 radical (unpaired) electrons. The summed E-state index contributed by atoms with van der Waals surface area (Å²) < 4.78 is 47.0. The Morgan fingerprint density at radius 1 is 1.12 bits per heavy atom. The second-order valence-electron chi connectivity index (χ2n) is 8.46. The Hall–Kier alpha value is -2.28. The summed E-state index contributed by atoms with van der Waals surface area (Å²) in [6.45, 7) is 10.3. The summed E-state index contributed by atoms with van der Waals surface area (Å²) in [5.41, 5.74) is 0.967. The van der Waals surface area contributed by atoms with Gasteiger partial charge in [0.25, 0.3) is 21.2 Å². The third-order valence-corrected chi connectivity index (χ3v) is 9.33. The number of aromatic hydroxyl groups is 1. The van der Waals surface area contributed by atoms with Crippen molar-refractivity contribution in [3.8, 4) is 5.75 Å². The van der Waals surface area contributed by atoms with Gasteiger partial charge < -0.3 is 15.7 Å². The quantitative estimate of drug-likeness (QED) is 0.521. The van der Waals surface area contributed by atoms with Gasteiger partial charge in [-0.3, -0.25) is 0 Å². The number of benzene rings is 1. The van der Waals surface area contributed by atoms with Crippen LogP contribution in [0.5, 0.6) is 5.75 Å². The van der Waals surface area contributed by atoms with Gasteiger partial charge in [0.2, 0.25) is 0 Å². The molecule has 0 amide bonds. The normalized spacial score (nSPS) is 17.6. The zero-order chi connectivity index (χ0) is 24.4. The number of nitrogens with zero attached hydrogens (tertiary/aromatic N) is 3. The molecule has 1 aliphatic heterocycles. The van der Waals surface area contributed by atoms with E-state index in [9.17, 15) is 17.7 Å². The lowest BCUT2D eigenvalue weighted by Gasteiger charge is -2.32. The third kappa shape index (κ3) is 5.45. The maximum Gasteiger partial charge on any atom is 0.269 e. The van der Waals surface area contributed by atoms with Crippen LogP contribution >= 0.6 is 11.3 Å². The topological polar surface area (TPSA) is 123 Å². The number of hydrogen-bond acceptors (Lipinski definition) is 7. The lowest BCUT2D eigenvalue weighted by atomic mass is 9.82. The first-order valence-corrected chi connectivity index (χ1v) is 13.9. The molecule has 1 aliphatic rings. The van der Waals surface area contributed by atoms with Crippen LogP contribution in [0.1, 0.15) is 46.2 Å². The van der Waals surface area contributed by atoms with Gasteiger partial charge in [-0.15, -0.1) is 20.1 Å². The number of amidine groups is 2. The average Bonchev–Trinajstić information content (AvgIpc) is 3.29. The van der Waals surface area contributed by atoms with E-state index in [0.29, 0.717) is 13.1 Å². The Morgan fingerprint density at radius 2 is 1.73 bits per heavy atom.